The first-order valence-corrected chi connectivity index (χ1v) is 11.2. The summed E-state index contributed by atoms with van der Waals surface area (Å²) in [5, 5.41) is 2.41. The zero-order valence-corrected chi connectivity index (χ0v) is 16.7. The fourth-order valence-corrected chi connectivity index (χ4v) is 5.32. The van der Waals surface area contributed by atoms with Crippen molar-refractivity contribution in [2.75, 3.05) is 11.1 Å². The standard InChI is InChI=1S/C19H30N2O4S/c1-4-5-11-26(23,24)17-8-6-7-15(12-17)19(22)21-18-10-9-16(13-20-18)25-14(2)3/h9-10,13-15,17H,4-8,11-12H2,1-3H3,(H,20,21,22)/t15-,17-/m1/s1. The lowest BCUT2D eigenvalue weighted by molar-refractivity contribution is -0.120. The number of sulfone groups is 1. The van der Waals surface area contributed by atoms with Crippen LogP contribution in [0.2, 0.25) is 0 Å². The van der Waals surface area contributed by atoms with Crippen LogP contribution in [0.5, 0.6) is 5.75 Å². The lowest BCUT2D eigenvalue weighted by Gasteiger charge is -2.28. The molecule has 1 N–H and O–H groups in total. The average molecular weight is 383 g/mol. The van der Waals surface area contributed by atoms with Gasteiger partial charge >= 0.3 is 0 Å². The Kier molecular flexibility index (Phi) is 7.43. The molecule has 2 atom stereocenters. The van der Waals surface area contributed by atoms with Gasteiger partial charge in [-0.15, -0.1) is 0 Å². The lowest BCUT2D eigenvalue weighted by atomic mass is 9.88. The predicted molar refractivity (Wildman–Crippen MR) is 103 cm³/mol. The molecule has 1 saturated carbocycles. The van der Waals surface area contributed by atoms with Gasteiger partial charge in [0.15, 0.2) is 9.84 Å². The molecule has 0 radical (unpaired) electrons. The van der Waals surface area contributed by atoms with Crippen LogP contribution in [0.3, 0.4) is 0 Å². The van der Waals surface area contributed by atoms with Crippen LogP contribution in [-0.4, -0.2) is 36.4 Å². The second-order valence-corrected chi connectivity index (χ2v) is 9.64. The van der Waals surface area contributed by atoms with Crippen molar-refractivity contribution in [3.8, 4) is 5.75 Å². The molecule has 0 spiro atoms. The van der Waals surface area contributed by atoms with Crippen molar-refractivity contribution in [1.82, 2.24) is 4.98 Å². The quantitative estimate of drug-likeness (QED) is 0.743. The molecule has 6 nitrogen and oxygen atoms in total. The molecule has 0 unspecified atom stereocenters. The molecule has 1 amide bonds. The molecule has 0 bridgehead atoms. The minimum Gasteiger partial charge on any atom is -0.489 e. The van der Waals surface area contributed by atoms with Crippen molar-refractivity contribution in [3.05, 3.63) is 18.3 Å². The third-order valence-electron chi connectivity index (χ3n) is 4.65. The van der Waals surface area contributed by atoms with Crippen LogP contribution < -0.4 is 10.1 Å². The summed E-state index contributed by atoms with van der Waals surface area (Å²) in [6, 6.07) is 3.47. The van der Waals surface area contributed by atoms with Gasteiger partial charge in [-0.2, -0.15) is 0 Å². The van der Waals surface area contributed by atoms with E-state index in [2.05, 4.69) is 10.3 Å². The smallest absolute Gasteiger partial charge is 0.228 e. The van der Waals surface area contributed by atoms with Crippen molar-refractivity contribution < 1.29 is 17.9 Å². The number of amides is 1. The molecule has 1 aromatic heterocycles. The molecular weight excluding hydrogens is 352 g/mol. The molecular formula is C19H30N2O4S. The van der Waals surface area contributed by atoms with Gasteiger partial charge in [-0.3, -0.25) is 4.79 Å². The normalized spacial score (nSPS) is 20.8. The summed E-state index contributed by atoms with van der Waals surface area (Å²) < 4.78 is 30.4. The Balaban J connectivity index is 1.94. The first kappa shape index (κ1) is 20.7. The Morgan fingerprint density at radius 1 is 1.35 bits per heavy atom. The third-order valence-corrected chi connectivity index (χ3v) is 6.95. The molecule has 1 fully saturated rings. The molecule has 7 heteroatoms. The van der Waals surface area contributed by atoms with Gasteiger partial charge < -0.3 is 10.1 Å². The molecule has 1 heterocycles. The van der Waals surface area contributed by atoms with E-state index < -0.39 is 15.1 Å². The molecule has 0 aliphatic heterocycles. The van der Waals surface area contributed by atoms with Gasteiger partial charge in [-0.1, -0.05) is 19.8 Å². The summed E-state index contributed by atoms with van der Waals surface area (Å²) in [4.78, 5) is 16.7. The van der Waals surface area contributed by atoms with Gasteiger partial charge in [0.1, 0.15) is 11.6 Å². The van der Waals surface area contributed by atoms with Crippen LogP contribution in [0.4, 0.5) is 5.82 Å². The predicted octanol–water partition coefficient (Wildman–Crippen LogP) is 3.58. The number of nitrogens with one attached hydrogen (secondary N) is 1. The molecule has 0 aromatic carbocycles. The fraction of sp³-hybridized carbons (Fsp3) is 0.684. The minimum absolute atomic E-state index is 0.0612. The fourth-order valence-electron chi connectivity index (χ4n) is 3.25. The highest BCUT2D eigenvalue weighted by atomic mass is 32.2. The number of nitrogens with zero attached hydrogens (tertiary/aromatic N) is 1. The minimum atomic E-state index is -3.11. The molecule has 2 rings (SSSR count). The van der Waals surface area contributed by atoms with Crippen molar-refractivity contribution in [2.45, 2.75) is 70.7 Å². The van der Waals surface area contributed by atoms with Gasteiger partial charge in [-0.05, 0) is 51.7 Å². The first-order chi connectivity index (χ1) is 12.3. The van der Waals surface area contributed by atoms with E-state index in [1.165, 1.54) is 0 Å². The Hall–Kier alpha value is -1.63. The number of carbonyl (C=O) groups is 1. The highest BCUT2D eigenvalue weighted by Gasteiger charge is 2.34. The van der Waals surface area contributed by atoms with Crippen LogP contribution in [0.15, 0.2) is 18.3 Å². The second kappa shape index (κ2) is 9.35. The maximum Gasteiger partial charge on any atom is 0.228 e. The van der Waals surface area contributed by atoms with Crippen molar-refractivity contribution in [3.63, 3.8) is 0 Å². The zero-order valence-electron chi connectivity index (χ0n) is 15.9. The lowest BCUT2D eigenvalue weighted by Crippen LogP contribution is -2.35. The van der Waals surface area contributed by atoms with Crippen LogP contribution >= 0.6 is 0 Å². The zero-order chi connectivity index (χ0) is 19.2. The third kappa shape index (κ3) is 5.97. The molecule has 1 aliphatic carbocycles. The van der Waals surface area contributed by atoms with Gasteiger partial charge in [0.2, 0.25) is 5.91 Å². The van der Waals surface area contributed by atoms with Crippen LogP contribution in [0.1, 0.15) is 59.3 Å². The van der Waals surface area contributed by atoms with Crippen molar-refractivity contribution in [1.29, 1.82) is 0 Å². The maximum absolute atomic E-state index is 12.5. The van der Waals surface area contributed by atoms with Crippen LogP contribution in [0, 0.1) is 5.92 Å². The number of carbonyl (C=O) groups excluding carboxylic acids is 1. The van der Waals surface area contributed by atoms with E-state index in [-0.39, 0.29) is 23.7 Å². The van der Waals surface area contributed by atoms with E-state index in [1.54, 1.807) is 18.3 Å². The van der Waals surface area contributed by atoms with Crippen molar-refractivity contribution >= 4 is 21.6 Å². The summed E-state index contributed by atoms with van der Waals surface area (Å²) in [5.74, 6) is 0.908. The number of unbranched alkanes of at least 4 members (excludes halogenated alkanes) is 1. The molecule has 1 aromatic rings. The number of anilines is 1. The second-order valence-electron chi connectivity index (χ2n) is 7.24. The number of hydrogen-bond donors (Lipinski definition) is 1. The number of hydrogen-bond acceptors (Lipinski definition) is 5. The van der Waals surface area contributed by atoms with Gasteiger partial charge in [-0.25, -0.2) is 13.4 Å². The maximum atomic E-state index is 12.5. The Bertz CT molecular complexity index is 686. The Morgan fingerprint density at radius 2 is 2.12 bits per heavy atom. The Labute approximate surface area is 156 Å². The van der Waals surface area contributed by atoms with Crippen LogP contribution in [-0.2, 0) is 14.6 Å². The van der Waals surface area contributed by atoms with E-state index in [4.69, 9.17) is 4.74 Å². The van der Waals surface area contributed by atoms with E-state index >= 15 is 0 Å². The number of rotatable bonds is 8. The molecule has 26 heavy (non-hydrogen) atoms. The molecule has 146 valence electrons. The topological polar surface area (TPSA) is 85.4 Å². The van der Waals surface area contributed by atoms with Gasteiger partial charge in [0, 0.05) is 5.92 Å². The largest absolute Gasteiger partial charge is 0.489 e. The number of pyridine rings is 1. The number of aromatic nitrogens is 1. The Morgan fingerprint density at radius 3 is 2.73 bits per heavy atom. The summed E-state index contributed by atoms with van der Waals surface area (Å²) in [5.41, 5.74) is 0. The number of ether oxygens (including phenoxy) is 1. The highest BCUT2D eigenvalue weighted by Crippen LogP contribution is 2.30. The van der Waals surface area contributed by atoms with Gasteiger partial charge in [0.25, 0.3) is 0 Å². The summed E-state index contributed by atoms with van der Waals surface area (Å²) in [7, 11) is -3.11. The van der Waals surface area contributed by atoms with E-state index in [0.717, 1.165) is 19.3 Å². The van der Waals surface area contributed by atoms with Crippen molar-refractivity contribution in [2.24, 2.45) is 5.92 Å². The average Bonchev–Trinajstić information content (AvgIpc) is 2.61. The van der Waals surface area contributed by atoms with E-state index in [0.29, 0.717) is 30.8 Å². The van der Waals surface area contributed by atoms with Gasteiger partial charge in [0.05, 0.1) is 23.3 Å². The highest BCUT2D eigenvalue weighted by molar-refractivity contribution is 7.92. The summed E-state index contributed by atoms with van der Waals surface area (Å²) in [6.45, 7) is 5.85. The summed E-state index contributed by atoms with van der Waals surface area (Å²) in [6.07, 6.45) is 5.74. The first-order valence-electron chi connectivity index (χ1n) is 9.47. The molecule has 1 aliphatic rings. The SMILES string of the molecule is CCCCS(=O)(=O)[C@@H]1CCC[C@@H](C(=O)Nc2ccc(OC(C)C)cn2)C1. The molecule has 0 saturated heterocycles. The summed E-state index contributed by atoms with van der Waals surface area (Å²) >= 11 is 0. The van der Waals surface area contributed by atoms with E-state index in [1.807, 2.05) is 20.8 Å². The van der Waals surface area contributed by atoms with Crippen LogP contribution in [0.25, 0.3) is 0 Å². The monoisotopic (exact) mass is 382 g/mol. The van der Waals surface area contributed by atoms with E-state index in [9.17, 15) is 13.2 Å².